The molecule has 0 spiro atoms. The number of aromatic carboxylic acids is 1. The molecule has 5 heteroatoms. The zero-order valence-corrected chi connectivity index (χ0v) is 9.86. The fourth-order valence-corrected chi connectivity index (χ4v) is 1.60. The van der Waals surface area contributed by atoms with E-state index in [0.29, 0.717) is 28.6 Å². The summed E-state index contributed by atoms with van der Waals surface area (Å²) in [6.07, 6.45) is 0.513. The first-order chi connectivity index (χ1) is 8.11. The van der Waals surface area contributed by atoms with Gasteiger partial charge in [0.05, 0.1) is 5.69 Å². The molecule has 0 saturated heterocycles. The second kappa shape index (κ2) is 4.59. The van der Waals surface area contributed by atoms with Crippen LogP contribution in [0.5, 0.6) is 0 Å². The molecule has 2 rings (SSSR count). The van der Waals surface area contributed by atoms with Crippen LogP contribution in [-0.2, 0) is 6.42 Å². The maximum atomic E-state index is 10.9. The Morgan fingerprint density at radius 2 is 2.06 bits per heavy atom. The normalized spacial score (nSPS) is 10.5. The van der Waals surface area contributed by atoms with E-state index in [9.17, 15) is 4.79 Å². The lowest BCUT2D eigenvalue weighted by Gasteiger charge is -1.94. The van der Waals surface area contributed by atoms with Crippen LogP contribution in [0.4, 0.5) is 0 Å². The summed E-state index contributed by atoms with van der Waals surface area (Å²) >= 11 is 5.77. The molecule has 17 heavy (non-hydrogen) atoms. The summed E-state index contributed by atoms with van der Waals surface area (Å²) in [5, 5.41) is 9.55. The van der Waals surface area contributed by atoms with Crippen LogP contribution in [0.2, 0.25) is 5.02 Å². The van der Waals surface area contributed by atoms with Crippen molar-refractivity contribution in [3.63, 3.8) is 0 Å². The fraction of sp³-hybridized carbons (Fsp3) is 0.167. The van der Waals surface area contributed by atoms with Crippen molar-refractivity contribution < 1.29 is 14.3 Å². The lowest BCUT2D eigenvalue weighted by Crippen LogP contribution is -1.98. The number of carboxylic acid groups (broad SMARTS) is 1. The molecule has 4 nitrogen and oxygen atoms in total. The van der Waals surface area contributed by atoms with Crippen molar-refractivity contribution in [3.05, 3.63) is 40.7 Å². The summed E-state index contributed by atoms with van der Waals surface area (Å²) in [5.74, 6) is -0.900. The van der Waals surface area contributed by atoms with Crippen LogP contribution in [0.15, 0.2) is 28.7 Å². The maximum absolute atomic E-state index is 10.9. The first-order valence-corrected chi connectivity index (χ1v) is 5.48. The Labute approximate surface area is 103 Å². The van der Waals surface area contributed by atoms with E-state index in [1.165, 1.54) is 0 Å². The minimum atomic E-state index is -1.10. The molecule has 1 aromatic carbocycles. The lowest BCUT2D eigenvalue weighted by molar-refractivity contribution is 0.0662. The van der Waals surface area contributed by atoms with Crippen molar-refractivity contribution in [2.75, 3.05) is 0 Å². The van der Waals surface area contributed by atoms with Crippen LogP contribution in [0.1, 0.15) is 23.2 Å². The molecule has 0 aliphatic rings. The van der Waals surface area contributed by atoms with E-state index in [0.717, 1.165) is 0 Å². The zero-order valence-electron chi connectivity index (χ0n) is 9.11. The molecular formula is C12H10ClNO3. The molecule has 88 valence electrons. The quantitative estimate of drug-likeness (QED) is 0.909. The van der Waals surface area contributed by atoms with Gasteiger partial charge in [0.2, 0.25) is 11.7 Å². The third-order valence-corrected chi connectivity index (χ3v) is 2.57. The Kier molecular flexibility index (Phi) is 3.15. The molecule has 1 N–H and O–H groups in total. The van der Waals surface area contributed by atoms with Crippen LogP contribution >= 0.6 is 11.6 Å². The molecule has 1 aromatic heterocycles. The van der Waals surface area contributed by atoms with E-state index in [2.05, 4.69) is 4.98 Å². The molecule has 0 fully saturated rings. The summed E-state index contributed by atoms with van der Waals surface area (Å²) in [6, 6.07) is 6.87. The summed E-state index contributed by atoms with van der Waals surface area (Å²) in [6.45, 7) is 1.83. The number of carbonyl (C=O) groups is 1. The zero-order chi connectivity index (χ0) is 12.4. The summed E-state index contributed by atoms with van der Waals surface area (Å²) < 4.78 is 5.24. The van der Waals surface area contributed by atoms with Crippen molar-refractivity contribution in [1.29, 1.82) is 0 Å². The molecular weight excluding hydrogens is 242 g/mol. The minimum Gasteiger partial charge on any atom is -0.475 e. The molecule has 0 saturated carbocycles. The van der Waals surface area contributed by atoms with Gasteiger partial charge in [-0.15, -0.1) is 0 Å². The van der Waals surface area contributed by atoms with Crippen molar-refractivity contribution >= 4 is 17.6 Å². The Bertz CT molecular complexity index is 545. The second-order valence-corrected chi connectivity index (χ2v) is 3.90. The summed E-state index contributed by atoms with van der Waals surface area (Å²) in [5.41, 5.74) is 1.15. The monoisotopic (exact) mass is 251 g/mol. The van der Waals surface area contributed by atoms with Gasteiger partial charge >= 0.3 is 5.97 Å². The third kappa shape index (κ3) is 2.31. The largest absolute Gasteiger partial charge is 0.475 e. The van der Waals surface area contributed by atoms with Gasteiger partial charge in [0.25, 0.3) is 0 Å². The molecule has 0 atom stereocenters. The number of nitrogens with zero attached hydrogens (tertiary/aromatic N) is 1. The minimum absolute atomic E-state index is 0.0996. The topological polar surface area (TPSA) is 63.3 Å². The first-order valence-electron chi connectivity index (χ1n) is 5.10. The highest BCUT2D eigenvalue weighted by molar-refractivity contribution is 6.30. The molecule has 2 aromatic rings. The van der Waals surface area contributed by atoms with Gasteiger partial charge in [0, 0.05) is 10.6 Å². The average molecular weight is 252 g/mol. The number of oxazole rings is 1. The van der Waals surface area contributed by atoms with Gasteiger partial charge in [-0.2, -0.15) is 0 Å². The Morgan fingerprint density at radius 1 is 1.41 bits per heavy atom. The first kappa shape index (κ1) is 11.7. The Balaban J connectivity index is 2.46. The Hall–Kier alpha value is -1.81. The highest BCUT2D eigenvalue weighted by Gasteiger charge is 2.18. The number of hydrogen-bond acceptors (Lipinski definition) is 3. The van der Waals surface area contributed by atoms with E-state index < -0.39 is 5.97 Å². The number of hydrogen-bond donors (Lipinski definition) is 1. The maximum Gasteiger partial charge on any atom is 0.373 e. The summed E-state index contributed by atoms with van der Waals surface area (Å²) in [4.78, 5) is 15.1. The highest BCUT2D eigenvalue weighted by Crippen LogP contribution is 2.23. The standard InChI is InChI=1S/C12H10ClNO3/c1-2-9-10(12(15)16)17-11(14-9)7-3-5-8(13)6-4-7/h3-6H,2H2,1H3,(H,15,16). The molecule has 0 amide bonds. The number of benzene rings is 1. The number of aryl methyl sites for hydroxylation is 1. The number of aromatic nitrogens is 1. The molecule has 0 aliphatic heterocycles. The van der Waals surface area contributed by atoms with Crippen molar-refractivity contribution in [3.8, 4) is 11.5 Å². The number of halogens is 1. The highest BCUT2D eigenvalue weighted by atomic mass is 35.5. The third-order valence-electron chi connectivity index (χ3n) is 2.32. The van der Waals surface area contributed by atoms with Gasteiger partial charge in [-0.1, -0.05) is 18.5 Å². The van der Waals surface area contributed by atoms with Gasteiger partial charge < -0.3 is 9.52 Å². The summed E-state index contributed by atoms with van der Waals surface area (Å²) in [7, 11) is 0. The van der Waals surface area contributed by atoms with Gasteiger partial charge in [-0.05, 0) is 30.7 Å². The van der Waals surface area contributed by atoms with E-state index in [-0.39, 0.29) is 5.76 Å². The van der Waals surface area contributed by atoms with Gasteiger partial charge in [0.1, 0.15) is 0 Å². The SMILES string of the molecule is CCc1nc(-c2ccc(Cl)cc2)oc1C(=O)O. The van der Waals surface area contributed by atoms with Crippen molar-refractivity contribution in [2.24, 2.45) is 0 Å². The van der Waals surface area contributed by atoms with Crippen LogP contribution in [0.25, 0.3) is 11.5 Å². The van der Waals surface area contributed by atoms with Crippen LogP contribution < -0.4 is 0 Å². The Morgan fingerprint density at radius 3 is 2.53 bits per heavy atom. The van der Waals surface area contributed by atoms with Crippen molar-refractivity contribution in [1.82, 2.24) is 4.98 Å². The predicted molar refractivity (Wildman–Crippen MR) is 63.3 cm³/mol. The molecule has 0 unspecified atom stereocenters. The van der Waals surface area contributed by atoms with E-state index >= 15 is 0 Å². The predicted octanol–water partition coefficient (Wildman–Crippen LogP) is 3.26. The van der Waals surface area contributed by atoms with Gasteiger partial charge in [0.15, 0.2) is 0 Å². The average Bonchev–Trinajstić information content (AvgIpc) is 2.74. The van der Waals surface area contributed by atoms with Gasteiger partial charge in [-0.3, -0.25) is 0 Å². The second-order valence-electron chi connectivity index (χ2n) is 3.46. The fourth-order valence-electron chi connectivity index (χ4n) is 1.47. The lowest BCUT2D eigenvalue weighted by atomic mass is 10.2. The van der Waals surface area contributed by atoms with Crippen LogP contribution in [0, 0.1) is 0 Å². The van der Waals surface area contributed by atoms with E-state index in [4.69, 9.17) is 21.1 Å². The van der Waals surface area contributed by atoms with E-state index in [1.807, 2.05) is 6.92 Å². The van der Waals surface area contributed by atoms with Crippen molar-refractivity contribution in [2.45, 2.75) is 13.3 Å². The molecule has 1 heterocycles. The number of carboxylic acids is 1. The smallest absolute Gasteiger partial charge is 0.373 e. The molecule has 0 radical (unpaired) electrons. The van der Waals surface area contributed by atoms with E-state index in [1.54, 1.807) is 24.3 Å². The van der Waals surface area contributed by atoms with Gasteiger partial charge in [-0.25, -0.2) is 9.78 Å². The molecule has 0 aliphatic carbocycles. The van der Waals surface area contributed by atoms with Crippen LogP contribution in [-0.4, -0.2) is 16.1 Å². The number of rotatable bonds is 3. The van der Waals surface area contributed by atoms with Crippen LogP contribution in [0.3, 0.4) is 0 Å². The molecule has 0 bridgehead atoms.